The highest BCUT2D eigenvalue weighted by atomic mass is 32.1. The van der Waals surface area contributed by atoms with Crippen LogP contribution >= 0.6 is 22.7 Å². The molecule has 0 aliphatic carbocycles. The van der Waals surface area contributed by atoms with Gasteiger partial charge in [0.25, 0.3) is 0 Å². The van der Waals surface area contributed by atoms with Crippen molar-refractivity contribution in [2.24, 2.45) is 0 Å². The number of aromatic nitrogens is 9. The summed E-state index contributed by atoms with van der Waals surface area (Å²) in [6.07, 6.45) is 0. The zero-order chi connectivity index (χ0) is 84.3. The smallest absolute Gasteiger partial charge is 0.164 e. The van der Waals surface area contributed by atoms with Gasteiger partial charge >= 0.3 is 0 Å². The van der Waals surface area contributed by atoms with E-state index in [4.69, 9.17) is 34.9 Å². The molecule has 128 heavy (non-hydrogen) atoms. The Morgan fingerprint density at radius 1 is 0.195 bits per heavy atom. The molecule has 0 fully saturated rings. The first-order chi connectivity index (χ1) is 63.5. The van der Waals surface area contributed by atoms with Crippen LogP contribution < -0.4 is 0 Å². The molecule has 0 spiro atoms. The third-order valence-electron chi connectivity index (χ3n) is 25.0. The highest BCUT2D eigenvalue weighted by Crippen LogP contribution is 2.49. The molecule has 0 bridgehead atoms. The number of fused-ring (bicyclic) bond motifs is 20. The summed E-state index contributed by atoms with van der Waals surface area (Å²) in [5.74, 6) is 2.56. The van der Waals surface area contributed by atoms with Crippen LogP contribution in [-0.2, 0) is 0 Å². The summed E-state index contributed by atoms with van der Waals surface area (Å²) in [5.41, 5.74) is 25.0. The van der Waals surface area contributed by atoms with E-state index in [0.29, 0.717) is 23.3 Å². The fraction of sp³-hybridized carbons (Fsp3) is 0. The second-order valence-electron chi connectivity index (χ2n) is 32.5. The molecule has 11 heteroatoms. The largest absolute Gasteiger partial charge is 0.308 e. The first-order valence-electron chi connectivity index (χ1n) is 43.1. The Balaban J connectivity index is 0.000000139. The molecule has 596 valence electrons. The summed E-state index contributed by atoms with van der Waals surface area (Å²) in [5, 5.41) is 16.8. The predicted molar refractivity (Wildman–Crippen MR) is 536 cm³/mol. The number of para-hydroxylation sites is 2. The van der Waals surface area contributed by atoms with Gasteiger partial charge in [-0.3, -0.25) is 0 Å². The minimum absolute atomic E-state index is 0.615. The van der Waals surface area contributed by atoms with Gasteiger partial charge in [-0.15, -0.1) is 22.7 Å². The Labute approximate surface area is 743 Å². The van der Waals surface area contributed by atoms with Gasteiger partial charge in [0.2, 0.25) is 0 Å². The van der Waals surface area contributed by atoms with Crippen molar-refractivity contribution in [3.8, 4) is 124 Å². The second-order valence-corrected chi connectivity index (χ2v) is 34.6. The Morgan fingerprint density at radius 2 is 0.531 bits per heavy atom. The Kier molecular flexibility index (Phi) is 17.8. The molecule has 0 N–H and O–H groups in total. The molecule has 0 unspecified atom stereocenters. The van der Waals surface area contributed by atoms with Gasteiger partial charge in [-0.05, 0) is 129 Å². The second kappa shape index (κ2) is 30.7. The van der Waals surface area contributed by atoms with Crippen LogP contribution in [0, 0.1) is 0 Å². The van der Waals surface area contributed by atoms with Gasteiger partial charge in [0.15, 0.2) is 23.3 Å². The van der Waals surface area contributed by atoms with Gasteiger partial charge in [-0.2, -0.15) is 0 Å². The molecule has 26 rings (SSSR count). The van der Waals surface area contributed by atoms with Crippen molar-refractivity contribution in [2.45, 2.75) is 0 Å². The Bertz CT molecular complexity index is 8920. The van der Waals surface area contributed by atoms with E-state index in [0.717, 1.165) is 150 Å². The number of hydrogen-bond acceptors (Lipinski definition) is 9. The number of benzene rings is 18. The summed E-state index contributed by atoms with van der Waals surface area (Å²) in [4.78, 5) is 36.6. The summed E-state index contributed by atoms with van der Waals surface area (Å²) >= 11 is 3.70. The average Bonchev–Trinajstić information content (AvgIpc) is 1.56. The minimum Gasteiger partial charge on any atom is -0.308 e. The lowest BCUT2D eigenvalue weighted by molar-refractivity contribution is 1.07. The highest BCUT2D eigenvalue weighted by molar-refractivity contribution is 7.26. The van der Waals surface area contributed by atoms with Crippen molar-refractivity contribution in [2.75, 3.05) is 0 Å². The first kappa shape index (κ1) is 74.1. The van der Waals surface area contributed by atoms with Crippen LogP contribution in [0.4, 0.5) is 0 Å². The monoisotopic (exact) mass is 1670 g/mol. The summed E-state index contributed by atoms with van der Waals surface area (Å²) < 4.78 is 10.0. The number of thiophene rings is 2. The first-order valence-corrected chi connectivity index (χ1v) is 44.7. The van der Waals surface area contributed by atoms with Crippen molar-refractivity contribution < 1.29 is 0 Å². The average molecular weight is 1670 g/mol. The fourth-order valence-corrected chi connectivity index (χ4v) is 21.6. The topological polar surface area (TPSA) is 100 Å². The highest BCUT2D eigenvalue weighted by Gasteiger charge is 2.27. The summed E-state index contributed by atoms with van der Waals surface area (Å²) in [6, 6.07) is 153. The third kappa shape index (κ3) is 12.6. The molecule has 18 aromatic carbocycles. The lowest BCUT2D eigenvalue weighted by Gasteiger charge is -2.14. The van der Waals surface area contributed by atoms with Gasteiger partial charge in [-0.1, -0.05) is 346 Å². The normalized spacial score (nSPS) is 11.8. The number of rotatable bonds is 12. The minimum atomic E-state index is 0.615. The van der Waals surface area contributed by atoms with E-state index < -0.39 is 0 Å². The van der Waals surface area contributed by atoms with Crippen LogP contribution in [0.2, 0.25) is 0 Å². The van der Waals surface area contributed by atoms with E-state index in [1.54, 1.807) is 0 Å². The van der Waals surface area contributed by atoms with Crippen LogP contribution in [0.3, 0.4) is 0 Å². The SMILES string of the molecule is c1ccc(-c2nc(-c3ccc(-c4cccc5c4sc4ccccc45)cc3)nc(-c3ccc(-n4c5ccccc5c5c(-c6ccccc6)nc6ccc7ccccc7c6c54)cc3)n2)cc1.c1ccc(-c2nc(-c3ccc(-n4c5ccccc5c5c(-c6ccccc6)nc6ccc7ccccc7c6c54)cc3)cc(-c3cccc(-c4cccc5c4sc4ccccc45)c3)n2)cc1. The molecule has 26 aromatic rings. The molecule has 0 saturated carbocycles. The van der Waals surface area contributed by atoms with E-state index in [2.05, 4.69) is 403 Å². The van der Waals surface area contributed by atoms with E-state index in [9.17, 15) is 0 Å². The third-order valence-corrected chi connectivity index (χ3v) is 27.5. The van der Waals surface area contributed by atoms with Crippen LogP contribution in [0.25, 0.3) is 252 Å². The lowest BCUT2D eigenvalue weighted by atomic mass is 9.99. The van der Waals surface area contributed by atoms with Crippen molar-refractivity contribution in [1.82, 2.24) is 44.0 Å². The Morgan fingerprint density at radius 3 is 1.01 bits per heavy atom. The molecule has 0 radical (unpaired) electrons. The van der Waals surface area contributed by atoms with Gasteiger partial charge < -0.3 is 9.13 Å². The van der Waals surface area contributed by atoms with E-state index >= 15 is 0 Å². The van der Waals surface area contributed by atoms with Gasteiger partial charge in [-0.25, -0.2) is 34.9 Å². The molecule has 8 heterocycles. The zero-order valence-electron chi connectivity index (χ0n) is 68.8. The van der Waals surface area contributed by atoms with E-state index in [1.807, 2.05) is 59.1 Å². The van der Waals surface area contributed by atoms with Crippen molar-refractivity contribution >= 4 is 150 Å². The van der Waals surface area contributed by atoms with E-state index in [-0.39, 0.29) is 0 Å². The molecule has 8 aromatic heterocycles. The maximum absolute atomic E-state index is 5.42. The zero-order valence-corrected chi connectivity index (χ0v) is 70.5. The standard InChI is InChI=1S/C59H36N4S.C58H35N5S/c1-3-16-39(17-4-1)56-55-48-24-9-11-27-52(48)63(57(55)54-44-22-8-7-15-37(44)31-34-49(54)60-56)43-32-29-38(30-33-43)50-36-51(62-59(61-50)40-18-5-2-6-19-40)42-21-13-20-41(35-42)45-25-14-26-47-46-23-10-12-28-53(46)64-58(45)47;1-3-15-38(16-4-1)53-52-47-21-9-11-24-49(47)63(54(52)51-43-19-8-7-14-36(43)32-35-48(51)59-53)42-33-30-41(31-34-42)58-61-56(39-17-5-2-6-18-39)60-57(62-58)40-28-26-37(27-29-40)44-22-13-23-46-45-20-10-12-25-50(45)64-55(44)46/h1-36H;1-35H. The molecular weight excluding hydrogens is 1600 g/mol. The summed E-state index contributed by atoms with van der Waals surface area (Å²) in [7, 11) is 0. The van der Waals surface area contributed by atoms with Crippen molar-refractivity contribution in [3.63, 3.8) is 0 Å². The molecule has 9 nitrogen and oxygen atoms in total. The summed E-state index contributed by atoms with van der Waals surface area (Å²) in [6.45, 7) is 0. The molecule has 0 atom stereocenters. The van der Waals surface area contributed by atoms with Crippen LogP contribution in [0.1, 0.15) is 0 Å². The molecule has 0 aliphatic rings. The fourth-order valence-electron chi connectivity index (χ4n) is 19.1. The number of pyridine rings is 2. The van der Waals surface area contributed by atoms with Gasteiger partial charge in [0.1, 0.15) is 0 Å². The van der Waals surface area contributed by atoms with E-state index in [1.165, 1.54) is 78.4 Å². The van der Waals surface area contributed by atoms with Crippen LogP contribution in [0.15, 0.2) is 431 Å². The molecular formula is C117H71N9S2. The van der Waals surface area contributed by atoms with Gasteiger partial charge in [0.05, 0.1) is 55.9 Å². The maximum atomic E-state index is 5.42. The maximum Gasteiger partial charge on any atom is 0.164 e. The Hall–Kier alpha value is -16.6. The molecule has 0 aliphatic heterocycles. The van der Waals surface area contributed by atoms with Crippen LogP contribution in [0.5, 0.6) is 0 Å². The predicted octanol–water partition coefficient (Wildman–Crippen LogP) is 31.4. The van der Waals surface area contributed by atoms with Gasteiger partial charge in [0, 0.05) is 129 Å². The quantitative estimate of drug-likeness (QED) is 0.112. The van der Waals surface area contributed by atoms with Crippen molar-refractivity contribution in [1.29, 1.82) is 0 Å². The number of hydrogen-bond donors (Lipinski definition) is 0. The number of nitrogens with zero attached hydrogens (tertiary/aromatic N) is 9. The lowest BCUT2D eigenvalue weighted by Crippen LogP contribution is -2.01. The molecule has 0 amide bonds. The van der Waals surface area contributed by atoms with Crippen molar-refractivity contribution in [3.05, 3.63) is 431 Å². The van der Waals surface area contributed by atoms with Crippen LogP contribution in [-0.4, -0.2) is 44.0 Å². The molecule has 0 saturated heterocycles.